The molecule has 0 saturated carbocycles. The Kier molecular flexibility index (Phi) is 3.85. The summed E-state index contributed by atoms with van der Waals surface area (Å²) in [5.74, 6) is -0.597. The number of hydrogen-bond donors (Lipinski definition) is 0. The Morgan fingerprint density at radius 1 is 1.29 bits per heavy atom. The fraction of sp³-hybridized carbons (Fsp3) is 0.438. The van der Waals surface area contributed by atoms with Gasteiger partial charge in [0.15, 0.2) is 5.78 Å². The van der Waals surface area contributed by atoms with Gasteiger partial charge >= 0.3 is 5.97 Å². The summed E-state index contributed by atoms with van der Waals surface area (Å²) >= 11 is 0. The molecule has 5 nitrogen and oxygen atoms in total. The van der Waals surface area contributed by atoms with Gasteiger partial charge in [-0.25, -0.2) is 4.52 Å². The van der Waals surface area contributed by atoms with Crippen LogP contribution in [0, 0.1) is 5.41 Å². The first-order chi connectivity index (χ1) is 9.78. The topological polar surface area (TPSA) is 60.7 Å². The number of esters is 1. The number of nitrogens with zero attached hydrogens (tertiary/aromatic N) is 2. The van der Waals surface area contributed by atoms with Gasteiger partial charge in [-0.05, 0) is 38.0 Å². The van der Waals surface area contributed by atoms with Crippen LogP contribution in [0.2, 0.25) is 0 Å². The standard InChI is InChI=1S/C16H20N2O3/c1-10(2)12-9-11-7-6-8-13(18(11)17-12)14(19)16(3,4)15(20)21-5/h6-10H,1-5H3. The lowest BCUT2D eigenvalue weighted by molar-refractivity contribution is -0.147. The average molecular weight is 288 g/mol. The van der Waals surface area contributed by atoms with Gasteiger partial charge < -0.3 is 4.74 Å². The average Bonchev–Trinajstić information content (AvgIpc) is 2.89. The molecule has 0 atom stereocenters. The minimum absolute atomic E-state index is 0.265. The molecule has 0 N–H and O–H groups in total. The van der Waals surface area contributed by atoms with E-state index < -0.39 is 11.4 Å². The van der Waals surface area contributed by atoms with Crippen molar-refractivity contribution in [2.45, 2.75) is 33.6 Å². The van der Waals surface area contributed by atoms with Crippen molar-refractivity contribution in [2.75, 3.05) is 7.11 Å². The molecule has 0 radical (unpaired) electrons. The summed E-state index contributed by atoms with van der Waals surface area (Å²) in [4.78, 5) is 24.5. The maximum Gasteiger partial charge on any atom is 0.319 e. The van der Waals surface area contributed by atoms with Gasteiger partial charge in [0.05, 0.1) is 18.3 Å². The number of pyridine rings is 1. The first kappa shape index (κ1) is 15.2. The second-order valence-electron chi connectivity index (χ2n) is 5.92. The zero-order valence-electron chi connectivity index (χ0n) is 13.0. The molecule has 2 heterocycles. The van der Waals surface area contributed by atoms with Gasteiger partial charge in [-0.3, -0.25) is 9.59 Å². The van der Waals surface area contributed by atoms with Crippen LogP contribution in [-0.2, 0) is 9.53 Å². The van der Waals surface area contributed by atoms with E-state index in [1.807, 2.05) is 26.0 Å². The van der Waals surface area contributed by atoms with Gasteiger partial charge in [-0.2, -0.15) is 5.10 Å². The SMILES string of the molecule is COC(=O)C(C)(C)C(=O)c1cccc2cc(C(C)C)nn12. The molecule has 2 rings (SSSR count). The zero-order valence-corrected chi connectivity index (χ0v) is 13.0. The number of ketones is 1. The summed E-state index contributed by atoms with van der Waals surface area (Å²) in [6, 6.07) is 7.31. The van der Waals surface area contributed by atoms with Gasteiger partial charge in [-0.1, -0.05) is 19.9 Å². The Bertz CT molecular complexity index is 699. The number of ether oxygens (including phenoxy) is 1. The van der Waals surface area contributed by atoms with E-state index in [1.165, 1.54) is 7.11 Å². The van der Waals surface area contributed by atoms with Gasteiger partial charge in [-0.15, -0.1) is 0 Å². The highest BCUT2D eigenvalue weighted by Gasteiger charge is 2.39. The molecule has 0 bridgehead atoms. The molecule has 0 unspecified atom stereocenters. The fourth-order valence-electron chi connectivity index (χ4n) is 2.16. The van der Waals surface area contributed by atoms with E-state index in [4.69, 9.17) is 4.74 Å². The second kappa shape index (κ2) is 5.31. The van der Waals surface area contributed by atoms with E-state index in [0.717, 1.165) is 11.2 Å². The molecule has 5 heteroatoms. The van der Waals surface area contributed by atoms with Crippen LogP contribution < -0.4 is 0 Å². The van der Waals surface area contributed by atoms with Crippen LogP contribution in [-0.4, -0.2) is 28.5 Å². The molecule has 2 aromatic heterocycles. The zero-order chi connectivity index (χ0) is 15.8. The Morgan fingerprint density at radius 3 is 2.52 bits per heavy atom. The van der Waals surface area contributed by atoms with Crippen LogP contribution in [0.3, 0.4) is 0 Å². The van der Waals surface area contributed by atoms with Crippen LogP contribution >= 0.6 is 0 Å². The van der Waals surface area contributed by atoms with Crippen molar-refractivity contribution in [2.24, 2.45) is 5.41 Å². The summed E-state index contributed by atoms with van der Waals surface area (Å²) in [6.07, 6.45) is 0. The summed E-state index contributed by atoms with van der Waals surface area (Å²) in [7, 11) is 1.28. The first-order valence-corrected chi connectivity index (χ1v) is 6.91. The number of aromatic nitrogens is 2. The molecule has 0 saturated heterocycles. The number of carbonyl (C=O) groups is 2. The Labute approximate surface area is 123 Å². The van der Waals surface area contributed by atoms with Crippen molar-refractivity contribution in [3.8, 4) is 0 Å². The molecule has 0 aromatic carbocycles. The predicted octanol–water partition coefficient (Wildman–Crippen LogP) is 2.84. The summed E-state index contributed by atoms with van der Waals surface area (Å²) in [5.41, 5.74) is 0.888. The molecule has 112 valence electrons. The highest BCUT2D eigenvalue weighted by atomic mass is 16.5. The summed E-state index contributed by atoms with van der Waals surface area (Å²) < 4.78 is 6.32. The minimum Gasteiger partial charge on any atom is -0.468 e. The molecular weight excluding hydrogens is 268 g/mol. The number of rotatable bonds is 4. The van der Waals surface area contributed by atoms with E-state index in [1.54, 1.807) is 30.5 Å². The number of carbonyl (C=O) groups excluding carboxylic acids is 2. The quantitative estimate of drug-likeness (QED) is 0.493. The molecule has 21 heavy (non-hydrogen) atoms. The maximum atomic E-state index is 12.7. The van der Waals surface area contributed by atoms with Gasteiger partial charge in [0, 0.05) is 0 Å². The number of Topliss-reactive ketones (excluding diaryl/α,β-unsaturated/α-hetero) is 1. The van der Waals surface area contributed by atoms with E-state index >= 15 is 0 Å². The Hall–Kier alpha value is -2.17. The van der Waals surface area contributed by atoms with Crippen LogP contribution in [0.25, 0.3) is 5.52 Å². The van der Waals surface area contributed by atoms with E-state index in [0.29, 0.717) is 5.69 Å². The Morgan fingerprint density at radius 2 is 1.95 bits per heavy atom. The second-order valence-corrected chi connectivity index (χ2v) is 5.92. The third-order valence-electron chi connectivity index (χ3n) is 3.59. The minimum atomic E-state index is -1.24. The van der Waals surface area contributed by atoms with Crippen LogP contribution in [0.4, 0.5) is 0 Å². The van der Waals surface area contributed by atoms with Gasteiger partial charge in [0.25, 0.3) is 0 Å². The smallest absolute Gasteiger partial charge is 0.319 e. The monoisotopic (exact) mass is 288 g/mol. The van der Waals surface area contributed by atoms with Crippen molar-refractivity contribution in [3.63, 3.8) is 0 Å². The predicted molar refractivity (Wildman–Crippen MR) is 79.4 cm³/mol. The fourth-order valence-corrected chi connectivity index (χ4v) is 2.16. The van der Waals surface area contributed by atoms with Crippen LogP contribution in [0.15, 0.2) is 24.3 Å². The molecule has 0 amide bonds. The molecule has 0 spiro atoms. The lowest BCUT2D eigenvalue weighted by atomic mass is 9.86. The molecule has 0 aliphatic carbocycles. The highest BCUT2D eigenvalue weighted by molar-refractivity contribution is 6.11. The molecular formula is C16H20N2O3. The van der Waals surface area contributed by atoms with Crippen LogP contribution in [0.5, 0.6) is 0 Å². The van der Waals surface area contributed by atoms with Crippen molar-refractivity contribution in [1.29, 1.82) is 0 Å². The number of fused-ring (bicyclic) bond motifs is 1. The lowest BCUT2D eigenvalue weighted by Gasteiger charge is -2.20. The molecule has 0 aliphatic heterocycles. The van der Waals surface area contributed by atoms with Crippen molar-refractivity contribution < 1.29 is 14.3 Å². The van der Waals surface area contributed by atoms with Crippen molar-refractivity contribution >= 4 is 17.3 Å². The third-order valence-corrected chi connectivity index (χ3v) is 3.59. The van der Waals surface area contributed by atoms with Gasteiger partial charge in [0.2, 0.25) is 0 Å². The summed E-state index contributed by atoms with van der Waals surface area (Å²) in [5, 5.41) is 4.48. The molecule has 2 aromatic rings. The lowest BCUT2D eigenvalue weighted by Crippen LogP contribution is -2.35. The highest BCUT2D eigenvalue weighted by Crippen LogP contribution is 2.25. The molecule has 0 aliphatic rings. The third kappa shape index (κ3) is 2.55. The number of methoxy groups -OCH3 is 1. The first-order valence-electron chi connectivity index (χ1n) is 6.91. The van der Waals surface area contributed by atoms with E-state index in [9.17, 15) is 9.59 Å². The normalized spacial score (nSPS) is 11.9. The van der Waals surface area contributed by atoms with Crippen molar-refractivity contribution in [3.05, 3.63) is 35.7 Å². The molecule has 0 fully saturated rings. The Balaban J connectivity index is 2.56. The summed E-state index contributed by atoms with van der Waals surface area (Å²) in [6.45, 7) is 7.21. The largest absolute Gasteiger partial charge is 0.468 e. The van der Waals surface area contributed by atoms with E-state index in [2.05, 4.69) is 5.10 Å². The van der Waals surface area contributed by atoms with Crippen LogP contribution in [0.1, 0.15) is 49.8 Å². The van der Waals surface area contributed by atoms with Gasteiger partial charge in [0.1, 0.15) is 11.1 Å². The maximum absolute atomic E-state index is 12.7. The number of hydrogen-bond acceptors (Lipinski definition) is 4. The van der Waals surface area contributed by atoms with Crippen molar-refractivity contribution in [1.82, 2.24) is 9.61 Å². The van der Waals surface area contributed by atoms with E-state index in [-0.39, 0.29) is 11.7 Å².